The van der Waals surface area contributed by atoms with Crippen molar-refractivity contribution in [3.05, 3.63) is 59.9 Å². The van der Waals surface area contributed by atoms with Crippen molar-refractivity contribution in [2.75, 3.05) is 6.61 Å². The number of pyridine rings is 1. The summed E-state index contributed by atoms with van der Waals surface area (Å²) in [5.74, 6) is -0.480. The monoisotopic (exact) mass is 370 g/mol. The van der Waals surface area contributed by atoms with Crippen molar-refractivity contribution in [1.82, 2.24) is 9.71 Å². The first-order valence-electron chi connectivity index (χ1n) is 7.14. The minimum atomic E-state index is -3.70. The van der Waals surface area contributed by atoms with Gasteiger partial charge in [0.2, 0.25) is 10.0 Å². The highest BCUT2D eigenvalue weighted by molar-refractivity contribution is 7.89. The third-order valence-corrected chi connectivity index (χ3v) is 4.70. The number of carbonyl (C=O) groups excluding carboxylic acids is 1. The van der Waals surface area contributed by atoms with Crippen molar-refractivity contribution < 1.29 is 17.9 Å². The number of nitrogens with one attached hydrogen (secondary N) is 1. The highest BCUT2D eigenvalue weighted by Gasteiger charge is 2.19. The summed E-state index contributed by atoms with van der Waals surface area (Å²) < 4.78 is 32.2. The van der Waals surface area contributed by atoms with Crippen molar-refractivity contribution in [3.8, 4) is 0 Å². The second-order valence-electron chi connectivity index (χ2n) is 4.84. The van der Waals surface area contributed by atoms with Crippen LogP contribution >= 0.6 is 12.4 Å². The van der Waals surface area contributed by atoms with E-state index < -0.39 is 22.0 Å². The number of halogens is 1. The standard InChI is InChI=1S/C16H18N2O4S.ClH/c1-3-22-16(19)13-7-9-14(10-8-13)23(20,21)18-12(2)15-6-4-5-11-17-15;/h4-12,18H,3H2,1-2H3;1H. The van der Waals surface area contributed by atoms with Gasteiger partial charge in [-0.05, 0) is 50.2 Å². The second-order valence-corrected chi connectivity index (χ2v) is 6.56. The number of hydrogen-bond acceptors (Lipinski definition) is 5. The molecule has 0 aliphatic carbocycles. The Morgan fingerprint density at radius 2 is 1.88 bits per heavy atom. The molecule has 6 nitrogen and oxygen atoms in total. The number of rotatable bonds is 6. The van der Waals surface area contributed by atoms with Crippen LogP contribution in [0.4, 0.5) is 0 Å². The summed E-state index contributed by atoms with van der Waals surface area (Å²) >= 11 is 0. The molecule has 130 valence electrons. The zero-order chi connectivity index (χ0) is 16.9. The van der Waals surface area contributed by atoms with Crippen LogP contribution in [0.25, 0.3) is 0 Å². The maximum Gasteiger partial charge on any atom is 0.338 e. The first-order valence-corrected chi connectivity index (χ1v) is 8.63. The number of ether oxygens (including phenoxy) is 1. The summed E-state index contributed by atoms with van der Waals surface area (Å²) in [7, 11) is -3.70. The van der Waals surface area contributed by atoms with Crippen LogP contribution in [0, 0.1) is 0 Å². The molecule has 2 aromatic rings. The summed E-state index contributed by atoms with van der Waals surface area (Å²) in [4.78, 5) is 15.8. The Morgan fingerprint density at radius 1 is 1.21 bits per heavy atom. The summed E-state index contributed by atoms with van der Waals surface area (Å²) in [6.45, 7) is 3.69. The van der Waals surface area contributed by atoms with Gasteiger partial charge in [-0.2, -0.15) is 0 Å². The zero-order valence-corrected chi connectivity index (χ0v) is 14.9. The van der Waals surface area contributed by atoms with E-state index in [2.05, 4.69) is 9.71 Å². The van der Waals surface area contributed by atoms with E-state index in [1.807, 2.05) is 0 Å². The average molecular weight is 371 g/mol. The maximum atomic E-state index is 12.4. The zero-order valence-electron chi connectivity index (χ0n) is 13.3. The lowest BCUT2D eigenvalue weighted by molar-refractivity contribution is 0.0526. The Hall–Kier alpha value is -1.96. The van der Waals surface area contributed by atoms with Gasteiger partial charge in [-0.3, -0.25) is 4.98 Å². The molecule has 0 fully saturated rings. The highest BCUT2D eigenvalue weighted by Crippen LogP contribution is 2.16. The van der Waals surface area contributed by atoms with Gasteiger partial charge < -0.3 is 4.74 Å². The molecule has 0 spiro atoms. The molecule has 0 saturated carbocycles. The lowest BCUT2D eigenvalue weighted by Crippen LogP contribution is -2.27. The smallest absolute Gasteiger partial charge is 0.338 e. The molecule has 1 atom stereocenters. The predicted molar refractivity (Wildman–Crippen MR) is 92.6 cm³/mol. The number of carbonyl (C=O) groups is 1. The molecule has 2 rings (SSSR count). The van der Waals surface area contributed by atoms with Gasteiger partial charge in [-0.25, -0.2) is 17.9 Å². The highest BCUT2D eigenvalue weighted by atomic mass is 35.5. The Balaban J connectivity index is 0.00000288. The average Bonchev–Trinajstić information content (AvgIpc) is 2.55. The van der Waals surface area contributed by atoms with Crippen LogP contribution in [0.1, 0.15) is 35.9 Å². The third kappa shape index (κ3) is 5.02. The fourth-order valence-electron chi connectivity index (χ4n) is 1.98. The van der Waals surface area contributed by atoms with Crippen molar-refractivity contribution in [2.24, 2.45) is 0 Å². The normalized spacial score (nSPS) is 12.1. The van der Waals surface area contributed by atoms with Gasteiger partial charge in [0.1, 0.15) is 0 Å². The molecule has 0 saturated heterocycles. The van der Waals surface area contributed by atoms with Gasteiger partial charge in [-0.1, -0.05) is 6.07 Å². The van der Waals surface area contributed by atoms with E-state index >= 15 is 0 Å². The summed E-state index contributed by atoms with van der Waals surface area (Å²) in [6, 6.07) is 10.4. The van der Waals surface area contributed by atoms with Gasteiger partial charge in [0.25, 0.3) is 0 Å². The lowest BCUT2D eigenvalue weighted by Gasteiger charge is -2.14. The fraction of sp³-hybridized carbons (Fsp3) is 0.250. The Labute approximate surface area is 147 Å². The fourth-order valence-corrected chi connectivity index (χ4v) is 3.19. The SMILES string of the molecule is CCOC(=O)c1ccc(S(=O)(=O)NC(C)c2ccccn2)cc1.Cl. The molecule has 0 aliphatic rings. The number of nitrogens with zero attached hydrogens (tertiary/aromatic N) is 1. The van der Waals surface area contributed by atoms with E-state index in [-0.39, 0.29) is 23.9 Å². The number of sulfonamides is 1. The van der Waals surface area contributed by atoms with Crippen LogP contribution in [-0.2, 0) is 14.8 Å². The van der Waals surface area contributed by atoms with Crippen LogP contribution in [0.2, 0.25) is 0 Å². The van der Waals surface area contributed by atoms with E-state index in [4.69, 9.17) is 4.74 Å². The van der Waals surface area contributed by atoms with E-state index in [1.54, 1.807) is 38.2 Å². The Bertz CT molecular complexity index is 764. The van der Waals surface area contributed by atoms with Crippen molar-refractivity contribution >= 4 is 28.4 Å². The maximum absolute atomic E-state index is 12.4. The molecule has 8 heteroatoms. The molecular formula is C16H19ClN2O4S. The van der Waals surface area contributed by atoms with Crippen LogP contribution in [0.5, 0.6) is 0 Å². The van der Waals surface area contributed by atoms with Gasteiger partial charge in [0.15, 0.2) is 0 Å². The van der Waals surface area contributed by atoms with Crippen LogP contribution in [0.3, 0.4) is 0 Å². The van der Waals surface area contributed by atoms with Crippen LogP contribution < -0.4 is 4.72 Å². The second kappa shape index (κ2) is 8.77. The Kier molecular flexibility index (Phi) is 7.34. The molecule has 1 unspecified atom stereocenters. The van der Waals surface area contributed by atoms with E-state index in [0.29, 0.717) is 11.3 Å². The molecule has 0 radical (unpaired) electrons. The van der Waals surface area contributed by atoms with Gasteiger partial charge in [0.05, 0.1) is 28.8 Å². The van der Waals surface area contributed by atoms with Gasteiger partial charge >= 0.3 is 5.97 Å². The summed E-state index contributed by atoms with van der Waals surface area (Å²) in [5, 5.41) is 0. The minimum absolute atomic E-state index is 0. The summed E-state index contributed by atoms with van der Waals surface area (Å²) in [5.41, 5.74) is 0.933. The largest absolute Gasteiger partial charge is 0.462 e. The molecule has 0 bridgehead atoms. The number of aromatic nitrogens is 1. The molecule has 1 N–H and O–H groups in total. The molecule has 0 amide bonds. The van der Waals surface area contributed by atoms with Crippen molar-refractivity contribution in [3.63, 3.8) is 0 Å². The third-order valence-electron chi connectivity index (χ3n) is 3.14. The van der Waals surface area contributed by atoms with Crippen molar-refractivity contribution in [1.29, 1.82) is 0 Å². The molecule has 24 heavy (non-hydrogen) atoms. The van der Waals surface area contributed by atoms with Crippen LogP contribution in [0.15, 0.2) is 53.6 Å². The van der Waals surface area contributed by atoms with Crippen molar-refractivity contribution in [2.45, 2.75) is 24.8 Å². The topological polar surface area (TPSA) is 85.4 Å². The quantitative estimate of drug-likeness (QED) is 0.790. The Morgan fingerprint density at radius 3 is 2.42 bits per heavy atom. The molecular weight excluding hydrogens is 352 g/mol. The van der Waals surface area contributed by atoms with Crippen LogP contribution in [-0.4, -0.2) is 26.0 Å². The predicted octanol–water partition coefficient (Wildman–Crippen LogP) is 2.72. The van der Waals surface area contributed by atoms with E-state index in [1.165, 1.54) is 24.3 Å². The number of hydrogen-bond donors (Lipinski definition) is 1. The van der Waals surface area contributed by atoms with Gasteiger partial charge in [-0.15, -0.1) is 12.4 Å². The number of benzene rings is 1. The van der Waals surface area contributed by atoms with E-state index in [9.17, 15) is 13.2 Å². The minimum Gasteiger partial charge on any atom is -0.462 e. The van der Waals surface area contributed by atoms with Gasteiger partial charge in [0, 0.05) is 6.20 Å². The summed E-state index contributed by atoms with van der Waals surface area (Å²) in [6.07, 6.45) is 1.61. The van der Waals surface area contributed by atoms with E-state index in [0.717, 1.165) is 0 Å². The molecule has 1 aromatic heterocycles. The molecule has 0 aliphatic heterocycles. The molecule has 1 aromatic carbocycles. The lowest BCUT2D eigenvalue weighted by atomic mass is 10.2. The first kappa shape index (κ1) is 20.1. The molecule has 1 heterocycles. The number of esters is 1. The first-order chi connectivity index (χ1) is 10.9.